The fourth-order valence-electron chi connectivity index (χ4n) is 1.74. The highest BCUT2D eigenvalue weighted by Gasteiger charge is 2.10. The van der Waals surface area contributed by atoms with E-state index in [4.69, 9.17) is 17.3 Å². The first-order chi connectivity index (χ1) is 7.61. The second-order valence-corrected chi connectivity index (χ2v) is 4.19. The molecular weight excluding hydrogens is 220 g/mol. The summed E-state index contributed by atoms with van der Waals surface area (Å²) >= 11 is 6.10. The molecule has 82 valence electrons. The first kappa shape index (κ1) is 11.0. The van der Waals surface area contributed by atoms with Crippen LogP contribution in [0.2, 0.25) is 5.02 Å². The summed E-state index contributed by atoms with van der Waals surface area (Å²) in [5.74, 6) is 0.386. The molecular formula is C13H13ClN2. The Morgan fingerprint density at radius 1 is 1.12 bits per heavy atom. The molecule has 2 rings (SSSR count). The molecule has 2 aromatic rings. The van der Waals surface area contributed by atoms with Gasteiger partial charge in [0.1, 0.15) is 5.82 Å². The van der Waals surface area contributed by atoms with Crippen molar-refractivity contribution in [2.75, 3.05) is 5.73 Å². The summed E-state index contributed by atoms with van der Waals surface area (Å²) in [5, 5.41) is 0.542. The molecule has 0 bridgehead atoms. The minimum absolute atomic E-state index is 0.386. The zero-order valence-electron chi connectivity index (χ0n) is 9.29. The Morgan fingerprint density at radius 3 is 2.50 bits per heavy atom. The molecule has 0 fully saturated rings. The first-order valence-electron chi connectivity index (χ1n) is 5.08. The van der Waals surface area contributed by atoms with Gasteiger partial charge in [-0.15, -0.1) is 0 Å². The van der Waals surface area contributed by atoms with Gasteiger partial charge in [-0.1, -0.05) is 35.9 Å². The van der Waals surface area contributed by atoms with E-state index in [0.717, 1.165) is 16.7 Å². The largest absolute Gasteiger partial charge is 0.382 e. The van der Waals surface area contributed by atoms with E-state index < -0.39 is 0 Å². The highest BCUT2D eigenvalue weighted by atomic mass is 35.5. The Balaban J connectivity index is 2.66. The van der Waals surface area contributed by atoms with E-state index in [1.807, 2.05) is 19.1 Å². The Morgan fingerprint density at radius 2 is 1.81 bits per heavy atom. The van der Waals surface area contributed by atoms with Crippen molar-refractivity contribution in [2.45, 2.75) is 13.8 Å². The zero-order chi connectivity index (χ0) is 11.7. The minimum atomic E-state index is 0.386. The number of benzene rings is 1. The van der Waals surface area contributed by atoms with E-state index in [1.165, 1.54) is 5.56 Å². The average molecular weight is 233 g/mol. The second kappa shape index (κ2) is 4.14. The third kappa shape index (κ3) is 1.76. The number of nitrogens with zero attached hydrogens (tertiary/aromatic N) is 1. The van der Waals surface area contributed by atoms with E-state index >= 15 is 0 Å². The summed E-state index contributed by atoms with van der Waals surface area (Å²) in [7, 11) is 0. The molecule has 16 heavy (non-hydrogen) atoms. The van der Waals surface area contributed by atoms with Crippen molar-refractivity contribution in [3.05, 3.63) is 46.6 Å². The maximum Gasteiger partial charge on any atom is 0.142 e. The van der Waals surface area contributed by atoms with Crippen LogP contribution < -0.4 is 5.73 Å². The summed E-state index contributed by atoms with van der Waals surface area (Å²) in [6.07, 6.45) is 1.78. The van der Waals surface area contributed by atoms with E-state index in [2.05, 4.69) is 24.0 Å². The van der Waals surface area contributed by atoms with Crippen LogP contribution in [0, 0.1) is 13.8 Å². The number of halogens is 1. The summed E-state index contributed by atoms with van der Waals surface area (Å²) in [6, 6.07) is 8.15. The highest BCUT2D eigenvalue weighted by Crippen LogP contribution is 2.32. The van der Waals surface area contributed by atoms with Crippen LogP contribution in [0.5, 0.6) is 0 Å². The number of hydrogen-bond donors (Lipinski definition) is 1. The molecule has 0 saturated carbocycles. The molecule has 0 aliphatic carbocycles. The zero-order valence-corrected chi connectivity index (χ0v) is 10.0. The molecule has 0 spiro atoms. The fraction of sp³-hybridized carbons (Fsp3) is 0.154. The van der Waals surface area contributed by atoms with Gasteiger partial charge in [0.25, 0.3) is 0 Å². The Kier molecular flexibility index (Phi) is 2.84. The van der Waals surface area contributed by atoms with Crippen molar-refractivity contribution in [1.82, 2.24) is 4.98 Å². The van der Waals surface area contributed by atoms with Gasteiger partial charge in [-0.3, -0.25) is 0 Å². The molecule has 0 unspecified atom stereocenters. The fourth-order valence-corrected chi connectivity index (χ4v) is 1.90. The number of nitrogens with two attached hydrogens (primary N) is 1. The van der Waals surface area contributed by atoms with Crippen LogP contribution in [0.15, 0.2) is 30.5 Å². The van der Waals surface area contributed by atoms with Gasteiger partial charge in [0.05, 0.1) is 5.02 Å². The van der Waals surface area contributed by atoms with E-state index in [-0.39, 0.29) is 0 Å². The van der Waals surface area contributed by atoms with Crippen LogP contribution in [-0.2, 0) is 0 Å². The van der Waals surface area contributed by atoms with Crippen molar-refractivity contribution >= 4 is 17.4 Å². The van der Waals surface area contributed by atoms with Crippen molar-refractivity contribution in [2.24, 2.45) is 0 Å². The first-order valence-corrected chi connectivity index (χ1v) is 5.45. The summed E-state index contributed by atoms with van der Waals surface area (Å²) < 4.78 is 0. The van der Waals surface area contributed by atoms with Gasteiger partial charge >= 0.3 is 0 Å². The SMILES string of the molecule is Cc1ccccc1-c1cnc(N)c(Cl)c1C. The van der Waals surface area contributed by atoms with Crippen LogP contribution >= 0.6 is 11.6 Å². The average Bonchev–Trinajstić information content (AvgIpc) is 2.28. The number of pyridine rings is 1. The van der Waals surface area contributed by atoms with Crippen molar-refractivity contribution in [1.29, 1.82) is 0 Å². The third-order valence-corrected chi connectivity index (χ3v) is 3.20. The molecule has 0 radical (unpaired) electrons. The number of anilines is 1. The topological polar surface area (TPSA) is 38.9 Å². The van der Waals surface area contributed by atoms with Gasteiger partial charge in [0.2, 0.25) is 0 Å². The van der Waals surface area contributed by atoms with Crippen molar-refractivity contribution < 1.29 is 0 Å². The van der Waals surface area contributed by atoms with Crippen LogP contribution in [0.25, 0.3) is 11.1 Å². The smallest absolute Gasteiger partial charge is 0.142 e. The van der Waals surface area contributed by atoms with Gasteiger partial charge in [0.15, 0.2) is 0 Å². The molecule has 0 saturated heterocycles. The second-order valence-electron chi connectivity index (χ2n) is 3.81. The number of hydrogen-bond acceptors (Lipinski definition) is 2. The number of aryl methyl sites for hydroxylation is 1. The molecule has 0 aliphatic heterocycles. The Hall–Kier alpha value is -1.54. The molecule has 1 aromatic heterocycles. The summed E-state index contributed by atoms with van der Waals surface area (Å²) in [6.45, 7) is 4.03. The van der Waals surface area contributed by atoms with Crippen molar-refractivity contribution in [3.8, 4) is 11.1 Å². The molecule has 3 heteroatoms. The van der Waals surface area contributed by atoms with Gasteiger partial charge in [-0.05, 0) is 30.5 Å². The maximum atomic E-state index is 6.10. The van der Waals surface area contributed by atoms with Crippen molar-refractivity contribution in [3.63, 3.8) is 0 Å². The predicted octanol–water partition coefficient (Wildman–Crippen LogP) is 3.60. The normalized spacial score (nSPS) is 10.4. The summed E-state index contributed by atoms with van der Waals surface area (Å²) in [5.41, 5.74) is 10.0. The molecule has 2 nitrogen and oxygen atoms in total. The molecule has 2 N–H and O–H groups in total. The maximum absolute atomic E-state index is 6.10. The molecule has 1 aromatic carbocycles. The standard InChI is InChI=1S/C13H13ClN2/c1-8-5-3-4-6-10(8)11-7-16-13(15)12(14)9(11)2/h3-7H,1-2H3,(H2,15,16). The van der Waals surface area contributed by atoms with Gasteiger partial charge in [-0.2, -0.15) is 0 Å². The number of rotatable bonds is 1. The lowest BCUT2D eigenvalue weighted by molar-refractivity contribution is 1.29. The molecule has 0 atom stereocenters. The van der Waals surface area contributed by atoms with Gasteiger partial charge in [-0.25, -0.2) is 4.98 Å². The molecule has 0 aliphatic rings. The number of aromatic nitrogens is 1. The molecule has 1 heterocycles. The summed E-state index contributed by atoms with van der Waals surface area (Å²) in [4.78, 5) is 4.10. The van der Waals surface area contributed by atoms with Crippen LogP contribution in [0.1, 0.15) is 11.1 Å². The lowest BCUT2D eigenvalue weighted by atomic mass is 9.98. The Bertz CT molecular complexity index is 535. The van der Waals surface area contributed by atoms with Crippen LogP contribution in [0.4, 0.5) is 5.82 Å². The van der Waals surface area contributed by atoms with E-state index in [9.17, 15) is 0 Å². The molecule has 0 amide bonds. The third-order valence-electron chi connectivity index (χ3n) is 2.73. The minimum Gasteiger partial charge on any atom is -0.382 e. The van der Waals surface area contributed by atoms with E-state index in [1.54, 1.807) is 6.20 Å². The highest BCUT2D eigenvalue weighted by molar-refractivity contribution is 6.33. The van der Waals surface area contributed by atoms with Crippen LogP contribution in [-0.4, -0.2) is 4.98 Å². The lowest BCUT2D eigenvalue weighted by Gasteiger charge is -2.11. The predicted molar refractivity (Wildman–Crippen MR) is 68.6 cm³/mol. The lowest BCUT2D eigenvalue weighted by Crippen LogP contribution is -1.96. The van der Waals surface area contributed by atoms with Crippen LogP contribution in [0.3, 0.4) is 0 Å². The van der Waals surface area contributed by atoms with Gasteiger partial charge < -0.3 is 5.73 Å². The quantitative estimate of drug-likeness (QED) is 0.816. The Labute approximate surface area is 100 Å². The van der Waals surface area contributed by atoms with Gasteiger partial charge in [0, 0.05) is 11.8 Å². The monoisotopic (exact) mass is 232 g/mol. The van der Waals surface area contributed by atoms with E-state index in [0.29, 0.717) is 10.8 Å². The number of nitrogen functional groups attached to an aromatic ring is 1.